The van der Waals surface area contributed by atoms with E-state index in [0.29, 0.717) is 0 Å². The van der Waals surface area contributed by atoms with E-state index < -0.39 is 0 Å². The van der Waals surface area contributed by atoms with E-state index >= 15 is 0 Å². The molecule has 0 radical (unpaired) electrons. The van der Waals surface area contributed by atoms with Gasteiger partial charge >= 0.3 is 0 Å². The van der Waals surface area contributed by atoms with Crippen LogP contribution in [0.5, 0.6) is 11.5 Å². The monoisotopic (exact) mass is 694 g/mol. The number of allylic oxidation sites excluding steroid dienone is 2. The van der Waals surface area contributed by atoms with Gasteiger partial charge in [-0.05, 0) is 122 Å². The normalized spacial score (nSPS) is 11.4. The molecule has 6 aromatic rings. The minimum Gasteiger partial charge on any atom is -0.456 e. The molecule has 0 bridgehead atoms. The second kappa shape index (κ2) is 21.2. The molecule has 53 heavy (non-hydrogen) atoms. The summed E-state index contributed by atoms with van der Waals surface area (Å²) in [5.41, 5.74) is 10.3. The Balaban J connectivity index is 1.15. The molecule has 0 N–H and O–H groups in total. The van der Waals surface area contributed by atoms with E-state index in [1.54, 1.807) is 0 Å². The average molecular weight is 695 g/mol. The lowest BCUT2D eigenvalue weighted by atomic mass is 10.0. The molecular formula is C52H54O. The lowest BCUT2D eigenvalue weighted by Gasteiger charge is -2.15. The van der Waals surface area contributed by atoms with Crippen molar-refractivity contribution in [3.05, 3.63) is 214 Å². The van der Waals surface area contributed by atoms with Gasteiger partial charge in [0.05, 0.1) is 0 Å². The van der Waals surface area contributed by atoms with Crippen LogP contribution in [0.15, 0.2) is 170 Å². The molecule has 0 unspecified atom stereocenters. The highest BCUT2D eigenvalue weighted by molar-refractivity contribution is 5.63. The average Bonchev–Trinajstić information content (AvgIpc) is 3.20. The lowest BCUT2D eigenvalue weighted by Crippen LogP contribution is -1.95. The Hall–Kier alpha value is -5.40. The van der Waals surface area contributed by atoms with E-state index in [9.17, 15) is 0 Å². The van der Waals surface area contributed by atoms with E-state index in [-0.39, 0.29) is 0 Å². The Morgan fingerprint density at radius 3 is 1.11 bits per heavy atom. The van der Waals surface area contributed by atoms with Crippen LogP contribution in [0.3, 0.4) is 0 Å². The second-order valence-corrected chi connectivity index (χ2v) is 14.1. The van der Waals surface area contributed by atoms with Crippen LogP contribution in [-0.4, -0.2) is 0 Å². The van der Waals surface area contributed by atoms with Crippen molar-refractivity contribution in [2.75, 3.05) is 0 Å². The molecule has 0 fully saturated rings. The van der Waals surface area contributed by atoms with E-state index in [4.69, 9.17) is 4.74 Å². The van der Waals surface area contributed by atoms with E-state index in [1.807, 2.05) is 0 Å². The number of rotatable bonds is 20. The Labute approximate surface area is 318 Å². The van der Waals surface area contributed by atoms with Crippen LogP contribution < -0.4 is 4.74 Å². The Morgan fingerprint density at radius 2 is 0.717 bits per heavy atom. The third-order valence-corrected chi connectivity index (χ3v) is 9.82. The van der Waals surface area contributed by atoms with Crippen molar-refractivity contribution in [2.24, 2.45) is 0 Å². The molecule has 268 valence electrons. The summed E-state index contributed by atoms with van der Waals surface area (Å²) in [5, 5.41) is 0. The first kappa shape index (κ1) is 37.4. The first-order chi connectivity index (χ1) is 26.3. The van der Waals surface area contributed by atoms with Gasteiger partial charge < -0.3 is 4.74 Å². The Morgan fingerprint density at radius 1 is 0.340 bits per heavy atom. The number of aryl methyl sites for hydroxylation is 2. The predicted octanol–water partition coefficient (Wildman–Crippen LogP) is 14.3. The maximum atomic E-state index is 6.84. The standard InChI is InChI=1S/C52H54O/c1(3-11-23-43-25-13-7-14-26-43)5-21-33-49-41-47(39-45-29-17-9-18-30-45)35-37-51(49)53-52-38-36-48(40-46-31-19-10-20-32-46)42-50(52)34-22-6-2-4-12-24-44-27-15-8-16-28-44/h7-10,13-22,25-38,41-42H,1-6,11-12,23-24,39-40H2. The Bertz CT molecular complexity index is 1830. The highest BCUT2D eigenvalue weighted by atomic mass is 16.5. The highest BCUT2D eigenvalue weighted by Gasteiger charge is 2.10. The van der Waals surface area contributed by atoms with Gasteiger partial charge in [0.1, 0.15) is 11.5 Å². The highest BCUT2D eigenvalue weighted by Crippen LogP contribution is 2.33. The second-order valence-electron chi connectivity index (χ2n) is 14.1. The molecule has 6 rings (SSSR count). The molecule has 0 amide bonds. The molecule has 0 aliphatic carbocycles. The molecule has 1 heteroatoms. The number of hydrogen-bond donors (Lipinski definition) is 0. The molecule has 1 nitrogen and oxygen atoms in total. The van der Waals surface area contributed by atoms with Crippen LogP contribution in [0, 0.1) is 0 Å². The molecule has 0 saturated heterocycles. The number of unbranched alkanes of at least 4 members (excludes halogenated alkanes) is 6. The van der Waals surface area contributed by atoms with Crippen LogP contribution in [0.2, 0.25) is 0 Å². The maximum Gasteiger partial charge on any atom is 0.134 e. The third-order valence-electron chi connectivity index (χ3n) is 9.82. The van der Waals surface area contributed by atoms with Crippen LogP contribution >= 0.6 is 0 Å². The van der Waals surface area contributed by atoms with E-state index in [1.165, 1.54) is 71.9 Å². The molecule has 0 saturated carbocycles. The Kier molecular flexibility index (Phi) is 14.9. The third kappa shape index (κ3) is 13.0. The molecular weight excluding hydrogens is 641 g/mol. The van der Waals surface area contributed by atoms with E-state index in [0.717, 1.165) is 61.2 Å². The first-order valence-corrected chi connectivity index (χ1v) is 19.7. The summed E-state index contributed by atoms with van der Waals surface area (Å²) in [6.07, 6.45) is 22.7. The zero-order valence-electron chi connectivity index (χ0n) is 31.2. The summed E-state index contributed by atoms with van der Waals surface area (Å²) in [4.78, 5) is 0. The zero-order chi connectivity index (χ0) is 36.2. The fraction of sp³-hybridized carbons (Fsp3) is 0.231. The van der Waals surface area contributed by atoms with Crippen molar-refractivity contribution in [3.63, 3.8) is 0 Å². The SMILES string of the molecule is C(=Cc1cc(Cc2ccccc2)ccc1Oc1ccc(Cc2ccccc2)cc1C=CCCCCCc1ccccc1)CCCCCc1ccccc1. The van der Waals surface area contributed by atoms with Gasteiger partial charge in [0.2, 0.25) is 0 Å². The summed E-state index contributed by atoms with van der Waals surface area (Å²) in [5.74, 6) is 1.79. The van der Waals surface area contributed by atoms with Crippen molar-refractivity contribution in [2.45, 2.75) is 77.0 Å². The van der Waals surface area contributed by atoms with E-state index in [2.05, 4.69) is 182 Å². The molecule has 0 aliphatic heterocycles. The molecule has 0 aromatic heterocycles. The zero-order valence-corrected chi connectivity index (χ0v) is 31.2. The molecule has 0 atom stereocenters. The van der Waals surface area contributed by atoms with Gasteiger partial charge in [0.25, 0.3) is 0 Å². The summed E-state index contributed by atoms with van der Waals surface area (Å²) < 4.78 is 6.84. The minimum atomic E-state index is 0.897. The largest absolute Gasteiger partial charge is 0.456 e. The molecule has 0 heterocycles. The van der Waals surface area contributed by atoms with Crippen LogP contribution in [0.25, 0.3) is 12.2 Å². The van der Waals surface area contributed by atoms with Gasteiger partial charge in [-0.1, -0.05) is 171 Å². The van der Waals surface area contributed by atoms with Crippen molar-refractivity contribution in [3.8, 4) is 11.5 Å². The van der Waals surface area contributed by atoms with Gasteiger partial charge in [-0.15, -0.1) is 0 Å². The summed E-state index contributed by atoms with van der Waals surface area (Å²) in [6, 6.07) is 56.5. The quantitative estimate of drug-likeness (QED) is 0.0723. The topological polar surface area (TPSA) is 9.23 Å². The molecule has 6 aromatic carbocycles. The van der Waals surface area contributed by atoms with Gasteiger partial charge in [-0.3, -0.25) is 0 Å². The van der Waals surface area contributed by atoms with Crippen LogP contribution in [0.1, 0.15) is 95.9 Å². The first-order valence-electron chi connectivity index (χ1n) is 19.7. The lowest BCUT2D eigenvalue weighted by molar-refractivity contribution is 0.480. The van der Waals surface area contributed by atoms with Crippen LogP contribution in [0.4, 0.5) is 0 Å². The van der Waals surface area contributed by atoms with Crippen molar-refractivity contribution in [1.29, 1.82) is 0 Å². The van der Waals surface area contributed by atoms with Gasteiger partial charge in [0, 0.05) is 11.1 Å². The van der Waals surface area contributed by atoms with Gasteiger partial charge in [-0.2, -0.15) is 0 Å². The summed E-state index contributed by atoms with van der Waals surface area (Å²) in [7, 11) is 0. The molecule has 0 spiro atoms. The fourth-order valence-electron chi connectivity index (χ4n) is 6.89. The minimum absolute atomic E-state index is 0.897. The number of hydrogen-bond acceptors (Lipinski definition) is 1. The van der Waals surface area contributed by atoms with Gasteiger partial charge in [-0.25, -0.2) is 0 Å². The number of ether oxygens (including phenoxy) is 1. The van der Waals surface area contributed by atoms with Crippen molar-refractivity contribution >= 4 is 12.2 Å². The fourth-order valence-corrected chi connectivity index (χ4v) is 6.89. The smallest absolute Gasteiger partial charge is 0.134 e. The van der Waals surface area contributed by atoms with Crippen molar-refractivity contribution in [1.82, 2.24) is 0 Å². The van der Waals surface area contributed by atoms with Crippen LogP contribution in [-0.2, 0) is 25.7 Å². The van der Waals surface area contributed by atoms with Crippen molar-refractivity contribution < 1.29 is 4.74 Å². The predicted molar refractivity (Wildman–Crippen MR) is 227 cm³/mol. The van der Waals surface area contributed by atoms with Gasteiger partial charge in [0.15, 0.2) is 0 Å². The summed E-state index contributed by atoms with van der Waals surface area (Å²) in [6.45, 7) is 0. The molecule has 0 aliphatic rings. The summed E-state index contributed by atoms with van der Waals surface area (Å²) >= 11 is 0. The number of benzene rings is 6. The maximum absolute atomic E-state index is 6.84.